The molecule has 1 N–H and O–H groups in total. The van der Waals surface area contributed by atoms with Crippen molar-refractivity contribution in [2.45, 2.75) is 56.8 Å². The molecule has 3 aliphatic heterocycles. The number of halogens is 2. The molecule has 0 spiro atoms. The lowest BCUT2D eigenvalue weighted by Gasteiger charge is -2.42. The number of aromatic nitrogens is 2. The summed E-state index contributed by atoms with van der Waals surface area (Å²) in [5.41, 5.74) is 4.28. The van der Waals surface area contributed by atoms with Gasteiger partial charge >= 0.3 is 6.01 Å². The number of carbonyl (C=O) groups is 1. The number of piperazine rings is 1. The first-order valence-electron chi connectivity index (χ1n) is 18.4. The Kier molecular flexibility index (Phi) is 12.0. The lowest BCUT2D eigenvalue weighted by molar-refractivity contribution is -0.128. The predicted molar refractivity (Wildman–Crippen MR) is 217 cm³/mol. The number of methoxy groups -OCH3 is 1. The van der Waals surface area contributed by atoms with Crippen LogP contribution in [-0.2, 0) is 22.5 Å². The van der Waals surface area contributed by atoms with Crippen LogP contribution in [0.5, 0.6) is 6.01 Å². The lowest BCUT2D eigenvalue weighted by Crippen LogP contribution is -2.55. The Morgan fingerprint density at radius 1 is 1.15 bits per heavy atom. The Labute approximate surface area is 330 Å². The maximum absolute atomic E-state index is 12.7. The Bertz CT molecular complexity index is 2000. The number of nitrogens with zero attached hydrogens (tertiary/aromatic N) is 6. The first kappa shape index (κ1) is 37.4. The first-order chi connectivity index (χ1) is 25.9. The van der Waals surface area contributed by atoms with Crippen molar-refractivity contribution in [3.63, 3.8) is 0 Å². The molecule has 53 heavy (non-hydrogen) atoms. The van der Waals surface area contributed by atoms with Crippen LogP contribution in [0.3, 0.4) is 0 Å². The fourth-order valence-corrected chi connectivity index (χ4v) is 9.06. The fraction of sp³-hybridized carbons (Fsp3) is 0.415. The zero-order valence-corrected chi connectivity index (χ0v) is 32.9. The predicted octanol–water partition coefficient (Wildman–Crippen LogP) is 7.09. The molecule has 2 fully saturated rings. The summed E-state index contributed by atoms with van der Waals surface area (Å²) in [5, 5.41) is 16.2. The van der Waals surface area contributed by atoms with Gasteiger partial charge in [0.1, 0.15) is 12.4 Å². The lowest BCUT2D eigenvalue weighted by atomic mass is 9.92. The number of anilines is 2. The molecule has 4 atom stereocenters. The van der Waals surface area contributed by atoms with Gasteiger partial charge in [0.2, 0.25) is 5.91 Å². The maximum atomic E-state index is 12.7. The van der Waals surface area contributed by atoms with Crippen molar-refractivity contribution >= 4 is 62.4 Å². The van der Waals surface area contributed by atoms with Gasteiger partial charge in [-0.05, 0) is 102 Å². The molecular formula is C41H45ClIN7O3. The SMILES string of the molecule is C=CC(=O)N1CCN(c2nc(OC[C@H]3NCCC3CCC(OC)c3cccc(I)c3)nc3c2CCN(c2cccc4cccc(Cl)c24)C3)C[C@@H]1CC#N. The molecule has 10 nitrogen and oxygen atoms in total. The number of hydrogen-bond donors (Lipinski definition) is 1. The van der Waals surface area contributed by atoms with E-state index in [2.05, 4.69) is 98.9 Å². The minimum Gasteiger partial charge on any atom is -0.462 e. The van der Waals surface area contributed by atoms with Crippen LogP contribution < -0.4 is 19.9 Å². The van der Waals surface area contributed by atoms with E-state index in [9.17, 15) is 10.1 Å². The third-order valence-electron chi connectivity index (χ3n) is 10.9. The summed E-state index contributed by atoms with van der Waals surface area (Å²) < 4.78 is 13.6. The van der Waals surface area contributed by atoms with Crippen molar-refractivity contribution < 1.29 is 14.3 Å². The molecule has 7 rings (SSSR count). The van der Waals surface area contributed by atoms with Crippen molar-refractivity contribution in [3.05, 3.63) is 98.7 Å². The summed E-state index contributed by atoms with van der Waals surface area (Å²) in [7, 11) is 1.79. The summed E-state index contributed by atoms with van der Waals surface area (Å²) in [6, 6.07) is 23.3. The van der Waals surface area contributed by atoms with E-state index in [0.29, 0.717) is 44.7 Å². The van der Waals surface area contributed by atoms with Crippen molar-refractivity contribution in [3.8, 4) is 12.1 Å². The van der Waals surface area contributed by atoms with Crippen LogP contribution in [0.25, 0.3) is 10.8 Å². The van der Waals surface area contributed by atoms with Crippen LogP contribution in [0.1, 0.15) is 48.6 Å². The number of carbonyl (C=O) groups excluding carboxylic acids is 1. The Balaban J connectivity index is 1.14. The van der Waals surface area contributed by atoms with Gasteiger partial charge in [-0.15, -0.1) is 0 Å². The molecule has 0 bridgehead atoms. The average Bonchev–Trinajstić information content (AvgIpc) is 3.63. The first-order valence-corrected chi connectivity index (χ1v) is 19.8. The second-order valence-corrected chi connectivity index (χ2v) is 15.7. The number of benzene rings is 3. The molecule has 276 valence electrons. The summed E-state index contributed by atoms with van der Waals surface area (Å²) in [6.07, 6.45) is 5.34. The number of amides is 1. The van der Waals surface area contributed by atoms with E-state index in [-0.39, 0.29) is 30.5 Å². The highest BCUT2D eigenvalue weighted by atomic mass is 127. The normalized spacial score (nSPS) is 20.6. The Morgan fingerprint density at radius 2 is 1.98 bits per heavy atom. The summed E-state index contributed by atoms with van der Waals surface area (Å²) in [5.74, 6) is 1.10. The van der Waals surface area contributed by atoms with Crippen LogP contribution >= 0.6 is 34.2 Å². The average molecular weight is 846 g/mol. The van der Waals surface area contributed by atoms with Crippen LogP contribution in [0.2, 0.25) is 5.02 Å². The Morgan fingerprint density at radius 3 is 2.77 bits per heavy atom. The highest BCUT2D eigenvalue weighted by Crippen LogP contribution is 2.38. The molecule has 2 unspecified atom stereocenters. The van der Waals surface area contributed by atoms with Crippen molar-refractivity contribution in [1.82, 2.24) is 20.2 Å². The van der Waals surface area contributed by atoms with Gasteiger partial charge in [0.15, 0.2) is 0 Å². The summed E-state index contributed by atoms with van der Waals surface area (Å²) >= 11 is 9.12. The number of ether oxygens (including phenoxy) is 2. The summed E-state index contributed by atoms with van der Waals surface area (Å²) in [6.45, 7) is 7.96. The monoisotopic (exact) mass is 845 g/mol. The minimum absolute atomic E-state index is 0.0464. The molecule has 12 heteroatoms. The van der Waals surface area contributed by atoms with Crippen LogP contribution in [-0.4, -0.2) is 79.3 Å². The van der Waals surface area contributed by atoms with Gasteiger partial charge in [-0.1, -0.05) is 54.6 Å². The number of rotatable bonds is 12. The maximum Gasteiger partial charge on any atom is 0.318 e. The summed E-state index contributed by atoms with van der Waals surface area (Å²) in [4.78, 5) is 29.1. The molecule has 0 aliphatic carbocycles. The molecule has 0 saturated carbocycles. The highest BCUT2D eigenvalue weighted by Gasteiger charge is 2.34. The van der Waals surface area contributed by atoms with E-state index in [4.69, 9.17) is 31.0 Å². The fourth-order valence-electron chi connectivity index (χ4n) is 8.21. The second-order valence-electron chi connectivity index (χ2n) is 14.0. The Hall–Kier alpha value is -3.96. The van der Waals surface area contributed by atoms with Gasteiger partial charge < -0.3 is 29.5 Å². The van der Waals surface area contributed by atoms with E-state index >= 15 is 0 Å². The van der Waals surface area contributed by atoms with Gasteiger partial charge in [-0.2, -0.15) is 15.2 Å². The van der Waals surface area contributed by atoms with Gasteiger partial charge in [-0.25, -0.2) is 0 Å². The molecule has 3 aliphatic rings. The van der Waals surface area contributed by atoms with Crippen LogP contribution in [0.15, 0.2) is 73.3 Å². The molecule has 3 aromatic carbocycles. The number of hydrogen-bond acceptors (Lipinski definition) is 9. The quantitative estimate of drug-likeness (QED) is 0.118. The van der Waals surface area contributed by atoms with Gasteiger partial charge in [0.25, 0.3) is 0 Å². The second kappa shape index (κ2) is 17.0. The smallest absolute Gasteiger partial charge is 0.318 e. The van der Waals surface area contributed by atoms with Gasteiger partial charge in [-0.3, -0.25) is 4.79 Å². The molecule has 1 amide bonds. The zero-order valence-electron chi connectivity index (χ0n) is 30.0. The highest BCUT2D eigenvalue weighted by molar-refractivity contribution is 14.1. The molecule has 2 saturated heterocycles. The molecule has 0 radical (unpaired) electrons. The number of nitriles is 1. The largest absolute Gasteiger partial charge is 0.462 e. The molecule has 1 aromatic heterocycles. The zero-order chi connectivity index (χ0) is 36.9. The van der Waals surface area contributed by atoms with E-state index in [0.717, 1.165) is 77.3 Å². The van der Waals surface area contributed by atoms with Gasteiger partial charge in [0, 0.05) is 59.5 Å². The third-order valence-corrected chi connectivity index (χ3v) is 11.9. The van der Waals surface area contributed by atoms with Crippen molar-refractivity contribution in [2.75, 3.05) is 56.2 Å². The van der Waals surface area contributed by atoms with E-state index in [1.165, 1.54) is 15.2 Å². The van der Waals surface area contributed by atoms with Gasteiger partial charge in [0.05, 0.1) is 41.9 Å². The topological polar surface area (TPSA) is 107 Å². The van der Waals surface area contributed by atoms with Crippen LogP contribution in [0, 0.1) is 20.8 Å². The number of fused-ring (bicyclic) bond motifs is 2. The van der Waals surface area contributed by atoms with Crippen molar-refractivity contribution in [1.29, 1.82) is 5.26 Å². The van der Waals surface area contributed by atoms with E-state index < -0.39 is 0 Å². The van der Waals surface area contributed by atoms with Crippen molar-refractivity contribution in [2.24, 2.45) is 5.92 Å². The van der Waals surface area contributed by atoms with E-state index in [1.54, 1.807) is 12.0 Å². The molecule has 4 aromatic rings. The standard InChI is InChI=1S/C41H45ClIN7O3/c1-3-38(51)50-22-21-49(24-31(50)15-18-44)40-32-17-20-48(36-12-6-8-28-7-5-11-33(42)39(28)36)25-34(32)46-41(47-40)53-26-35-27(16-19-45-35)13-14-37(52-2)29-9-4-10-30(43)23-29/h3-12,23,27,31,35,37,45H,1,13-17,19-22,24-26H2,2H3/t27?,31-,35+,37?/m0/s1. The van der Waals surface area contributed by atoms with Crippen LogP contribution in [0.4, 0.5) is 11.5 Å². The third kappa shape index (κ3) is 8.26. The molecule has 4 heterocycles. The molecular weight excluding hydrogens is 801 g/mol. The van der Waals surface area contributed by atoms with E-state index in [1.807, 2.05) is 12.1 Å². The number of nitrogens with one attached hydrogen (secondary N) is 1. The minimum atomic E-state index is -0.272.